The first-order valence-electron chi connectivity index (χ1n) is 6.53. The summed E-state index contributed by atoms with van der Waals surface area (Å²) in [5, 5.41) is 11.9. The minimum Gasteiger partial charge on any atom is -0.411 e. The molecule has 0 bridgehead atoms. The topological polar surface area (TPSA) is 64.7 Å². The van der Waals surface area contributed by atoms with Gasteiger partial charge in [-0.05, 0) is 12.1 Å². The molecule has 108 valence electrons. The number of hydrogen-bond acceptors (Lipinski definition) is 7. The van der Waals surface area contributed by atoms with E-state index in [1.165, 1.54) is 11.8 Å². The van der Waals surface area contributed by atoms with Crippen LogP contribution in [-0.2, 0) is 5.75 Å². The molecule has 0 saturated carbocycles. The van der Waals surface area contributed by atoms with E-state index in [1.807, 2.05) is 12.1 Å². The van der Waals surface area contributed by atoms with E-state index >= 15 is 0 Å². The SMILES string of the molecule is CC(C)c1nc(CSc2nnc(-c3ccncc3)o2)cs1. The zero-order chi connectivity index (χ0) is 14.7. The Morgan fingerprint density at radius 3 is 2.76 bits per heavy atom. The van der Waals surface area contributed by atoms with Gasteiger partial charge in [0.25, 0.3) is 5.22 Å². The average Bonchev–Trinajstić information content (AvgIpc) is 3.15. The fourth-order valence-corrected chi connectivity index (χ4v) is 3.27. The van der Waals surface area contributed by atoms with Crippen molar-refractivity contribution in [2.75, 3.05) is 0 Å². The zero-order valence-electron chi connectivity index (χ0n) is 11.7. The standard InChI is InChI=1S/C14H14N4OS2/c1-9(2)13-16-11(7-20-13)8-21-14-18-17-12(19-14)10-3-5-15-6-4-10/h3-7,9H,8H2,1-2H3. The van der Waals surface area contributed by atoms with Crippen LogP contribution in [0.5, 0.6) is 0 Å². The van der Waals surface area contributed by atoms with Crippen LogP contribution in [0.3, 0.4) is 0 Å². The van der Waals surface area contributed by atoms with Crippen molar-refractivity contribution < 1.29 is 4.42 Å². The molecule has 0 spiro atoms. The Labute approximate surface area is 130 Å². The molecule has 3 aromatic heterocycles. The van der Waals surface area contributed by atoms with E-state index in [-0.39, 0.29) is 0 Å². The normalized spacial score (nSPS) is 11.2. The van der Waals surface area contributed by atoms with Gasteiger partial charge in [-0.1, -0.05) is 25.6 Å². The van der Waals surface area contributed by atoms with Crippen molar-refractivity contribution in [2.45, 2.75) is 30.7 Å². The van der Waals surface area contributed by atoms with E-state index < -0.39 is 0 Å². The molecule has 3 heterocycles. The summed E-state index contributed by atoms with van der Waals surface area (Å²) in [6.45, 7) is 4.30. The van der Waals surface area contributed by atoms with Crippen molar-refractivity contribution in [2.24, 2.45) is 0 Å². The molecule has 7 heteroatoms. The molecule has 3 aromatic rings. The van der Waals surface area contributed by atoms with Gasteiger partial charge in [0, 0.05) is 35.0 Å². The molecule has 0 aromatic carbocycles. The summed E-state index contributed by atoms with van der Waals surface area (Å²) >= 11 is 3.20. The Kier molecular flexibility index (Phi) is 4.31. The highest BCUT2D eigenvalue weighted by Crippen LogP contribution is 2.27. The van der Waals surface area contributed by atoms with Gasteiger partial charge in [-0.2, -0.15) is 0 Å². The zero-order valence-corrected chi connectivity index (χ0v) is 13.3. The fraction of sp³-hybridized carbons (Fsp3) is 0.286. The van der Waals surface area contributed by atoms with E-state index in [0.717, 1.165) is 22.0 Å². The van der Waals surface area contributed by atoms with Crippen molar-refractivity contribution in [1.29, 1.82) is 0 Å². The van der Waals surface area contributed by atoms with E-state index in [1.54, 1.807) is 23.7 Å². The second kappa shape index (κ2) is 6.36. The second-order valence-corrected chi connectivity index (χ2v) is 6.55. The molecule has 0 aliphatic rings. The van der Waals surface area contributed by atoms with Crippen LogP contribution in [0.15, 0.2) is 39.5 Å². The fourth-order valence-electron chi connectivity index (χ4n) is 1.67. The highest BCUT2D eigenvalue weighted by Gasteiger charge is 2.11. The van der Waals surface area contributed by atoms with Gasteiger partial charge in [0.2, 0.25) is 5.89 Å². The first-order chi connectivity index (χ1) is 10.2. The van der Waals surface area contributed by atoms with Crippen molar-refractivity contribution in [3.8, 4) is 11.5 Å². The van der Waals surface area contributed by atoms with Gasteiger partial charge in [-0.15, -0.1) is 21.5 Å². The molecule has 3 rings (SSSR count). The van der Waals surface area contributed by atoms with Crippen molar-refractivity contribution in [1.82, 2.24) is 20.2 Å². The molecule has 0 aliphatic carbocycles. The van der Waals surface area contributed by atoms with Gasteiger partial charge < -0.3 is 4.42 Å². The van der Waals surface area contributed by atoms with Crippen molar-refractivity contribution in [3.63, 3.8) is 0 Å². The van der Waals surface area contributed by atoms with E-state index in [0.29, 0.717) is 17.0 Å². The molecule has 0 fully saturated rings. The number of thioether (sulfide) groups is 1. The number of aromatic nitrogens is 4. The van der Waals surface area contributed by atoms with Crippen LogP contribution < -0.4 is 0 Å². The quantitative estimate of drug-likeness (QED) is 0.662. The van der Waals surface area contributed by atoms with Gasteiger partial charge in [0.1, 0.15) is 0 Å². The lowest BCUT2D eigenvalue weighted by Gasteiger charge is -1.96. The van der Waals surface area contributed by atoms with Gasteiger partial charge in [0.05, 0.1) is 10.7 Å². The lowest BCUT2D eigenvalue weighted by Crippen LogP contribution is -1.87. The number of nitrogens with zero attached hydrogens (tertiary/aromatic N) is 4. The molecule has 0 amide bonds. The largest absolute Gasteiger partial charge is 0.411 e. The molecule has 0 radical (unpaired) electrons. The molecule has 0 N–H and O–H groups in total. The Morgan fingerprint density at radius 2 is 2.05 bits per heavy atom. The molecule has 0 saturated heterocycles. The van der Waals surface area contributed by atoms with Crippen molar-refractivity contribution >= 4 is 23.1 Å². The molecule has 0 unspecified atom stereocenters. The Balaban J connectivity index is 1.65. The summed E-state index contributed by atoms with van der Waals surface area (Å²) in [6.07, 6.45) is 3.41. The Morgan fingerprint density at radius 1 is 1.24 bits per heavy atom. The van der Waals surface area contributed by atoms with Crippen molar-refractivity contribution in [3.05, 3.63) is 40.6 Å². The summed E-state index contributed by atoms with van der Waals surface area (Å²) in [5.41, 5.74) is 1.93. The lowest BCUT2D eigenvalue weighted by molar-refractivity contribution is 0.465. The lowest BCUT2D eigenvalue weighted by atomic mass is 10.2. The maximum atomic E-state index is 5.63. The third-order valence-corrected chi connectivity index (χ3v) is 4.79. The van der Waals surface area contributed by atoms with Gasteiger partial charge >= 0.3 is 0 Å². The summed E-state index contributed by atoms with van der Waals surface area (Å²) < 4.78 is 5.63. The van der Waals surface area contributed by atoms with Gasteiger partial charge in [-0.3, -0.25) is 4.98 Å². The second-order valence-electron chi connectivity index (χ2n) is 4.73. The van der Waals surface area contributed by atoms with E-state index in [4.69, 9.17) is 4.42 Å². The highest BCUT2D eigenvalue weighted by molar-refractivity contribution is 7.98. The van der Waals surface area contributed by atoms with E-state index in [2.05, 4.69) is 39.4 Å². The molecule has 0 atom stereocenters. The van der Waals surface area contributed by atoms with Crippen LogP contribution in [0, 0.1) is 0 Å². The van der Waals surface area contributed by atoms with Gasteiger partial charge in [-0.25, -0.2) is 4.98 Å². The Bertz CT molecular complexity index is 709. The molecular formula is C14H14N4OS2. The minimum absolute atomic E-state index is 0.468. The van der Waals surface area contributed by atoms with Crippen LogP contribution in [0.25, 0.3) is 11.5 Å². The predicted octanol–water partition coefficient (Wildman–Crippen LogP) is 4.00. The van der Waals surface area contributed by atoms with Crippen LogP contribution in [0.4, 0.5) is 0 Å². The summed E-state index contributed by atoms with van der Waals surface area (Å²) in [5.74, 6) is 1.72. The Hall–Kier alpha value is -1.73. The maximum absolute atomic E-state index is 5.63. The highest BCUT2D eigenvalue weighted by atomic mass is 32.2. The summed E-state index contributed by atoms with van der Waals surface area (Å²) in [6, 6.07) is 3.69. The maximum Gasteiger partial charge on any atom is 0.277 e. The van der Waals surface area contributed by atoms with Crippen LogP contribution in [-0.4, -0.2) is 20.2 Å². The van der Waals surface area contributed by atoms with Crippen LogP contribution in [0.2, 0.25) is 0 Å². The van der Waals surface area contributed by atoms with E-state index in [9.17, 15) is 0 Å². The molecule has 0 aliphatic heterocycles. The van der Waals surface area contributed by atoms with Crippen LogP contribution >= 0.6 is 23.1 Å². The summed E-state index contributed by atoms with van der Waals surface area (Å²) in [7, 11) is 0. The summed E-state index contributed by atoms with van der Waals surface area (Å²) in [4.78, 5) is 8.56. The number of thiazole rings is 1. The predicted molar refractivity (Wildman–Crippen MR) is 83.3 cm³/mol. The average molecular weight is 318 g/mol. The number of pyridine rings is 1. The van der Waals surface area contributed by atoms with Gasteiger partial charge in [0.15, 0.2) is 0 Å². The smallest absolute Gasteiger partial charge is 0.277 e. The third kappa shape index (κ3) is 3.48. The molecule has 5 nitrogen and oxygen atoms in total. The molecule has 21 heavy (non-hydrogen) atoms. The number of rotatable bonds is 5. The van der Waals surface area contributed by atoms with Crippen LogP contribution in [0.1, 0.15) is 30.5 Å². The third-order valence-electron chi connectivity index (χ3n) is 2.74. The monoisotopic (exact) mass is 318 g/mol. The number of hydrogen-bond donors (Lipinski definition) is 0. The first-order valence-corrected chi connectivity index (χ1v) is 8.40. The molecular weight excluding hydrogens is 304 g/mol. The minimum atomic E-state index is 0.468. The first kappa shape index (κ1) is 14.2.